The second-order valence-corrected chi connectivity index (χ2v) is 6.85. The van der Waals surface area contributed by atoms with Crippen molar-refractivity contribution in [3.8, 4) is 11.3 Å². The number of benzene rings is 1. The summed E-state index contributed by atoms with van der Waals surface area (Å²) in [5, 5.41) is 26.8. The van der Waals surface area contributed by atoms with Crippen molar-refractivity contribution in [2.75, 3.05) is 12.3 Å². The van der Waals surface area contributed by atoms with Crippen LogP contribution in [0.2, 0.25) is 0 Å². The van der Waals surface area contributed by atoms with E-state index in [1.807, 2.05) is 30.3 Å². The summed E-state index contributed by atoms with van der Waals surface area (Å²) < 4.78 is 36.0. The third-order valence-corrected chi connectivity index (χ3v) is 4.80. The molecule has 0 bridgehead atoms. The number of rotatable bonds is 5. The molecule has 2 aromatic heterocycles. The Morgan fingerprint density at radius 2 is 1.97 bits per heavy atom. The predicted molar refractivity (Wildman–Crippen MR) is 99.4 cm³/mol. The van der Waals surface area contributed by atoms with E-state index in [1.54, 1.807) is 0 Å². The molecule has 3 aromatic rings. The van der Waals surface area contributed by atoms with Crippen LogP contribution in [0.1, 0.15) is 11.8 Å². The molecule has 30 heavy (non-hydrogen) atoms. The summed E-state index contributed by atoms with van der Waals surface area (Å²) in [6.07, 6.45) is -3.43. The summed E-state index contributed by atoms with van der Waals surface area (Å²) in [5.74, 6) is -4.06. The molecule has 1 aromatic carbocycles. The van der Waals surface area contributed by atoms with E-state index in [0.29, 0.717) is 11.1 Å². The predicted octanol–water partition coefficient (Wildman–Crippen LogP) is 0.0182. The van der Waals surface area contributed by atoms with Crippen molar-refractivity contribution in [3.05, 3.63) is 58.8 Å². The van der Waals surface area contributed by atoms with Crippen molar-refractivity contribution in [1.82, 2.24) is 24.5 Å². The number of hydrogen-bond donors (Lipinski definition) is 3. The van der Waals surface area contributed by atoms with Crippen molar-refractivity contribution in [1.29, 1.82) is 0 Å². The molecular formula is C18H18F2N6O4. The lowest BCUT2D eigenvalue weighted by atomic mass is 10.1. The van der Waals surface area contributed by atoms with Crippen LogP contribution in [0.15, 0.2) is 47.5 Å². The van der Waals surface area contributed by atoms with Gasteiger partial charge in [-0.25, -0.2) is 9.48 Å². The van der Waals surface area contributed by atoms with E-state index in [4.69, 9.17) is 15.6 Å². The zero-order valence-electron chi connectivity index (χ0n) is 15.5. The number of aromatic nitrogens is 5. The molecule has 3 heterocycles. The molecular weight excluding hydrogens is 402 g/mol. The number of hydrogen-bond acceptors (Lipinski definition) is 8. The molecule has 0 spiro atoms. The van der Waals surface area contributed by atoms with Gasteiger partial charge >= 0.3 is 11.6 Å². The molecule has 10 nitrogen and oxygen atoms in total. The number of aliphatic hydroxyl groups is 2. The van der Waals surface area contributed by atoms with Gasteiger partial charge in [0.25, 0.3) is 0 Å². The Balaban J connectivity index is 1.69. The molecule has 1 aliphatic heterocycles. The van der Waals surface area contributed by atoms with E-state index < -0.39 is 36.7 Å². The SMILES string of the molecule is Nc1nc(=O)n([C@@H]2O[C@H](CO)C(O)C2(F)F)cc1-c1cn(Cc2ccccc2)nn1. The van der Waals surface area contributed by atoms with Crippen LogP contribution in [0.4, 0.5) is 14.6 Å². The first kappa shape index (κ1) is 20.1. The summed E-state index contributed by atoms with van der Waals surface area (Å²) in [4.78, 5) is 15.8. The van der Waals surface area contributed by atoms with Crippen molar-refractivity contribution >= 4 is 5.82 Å². The number of nitrogens with zero attached hydrogens (tertiary/aromatic N) is 5. The Bertz CT molecular complexity index is 1100. The van der Waals surface area contributed by atoms with Crippen molar-refractivity contribution in [2.45, 2.75) is 30.9 Å². The van der Waals surface area contributed by atoms with Gasteiger partial charge in [0.1, 0.15) is 17.6 Å². The first-order valence-corrected chi connectivity index (χ1v) is 8.96. The van der Waals surface area contributed by atoms with Crippen molar-refractivity contribution in [3.63, 3.8) is 0 Å². The molecule has 1 saturated heterocycles. The van der Waals surface area contributed by atoms with E-state index in [-0.39, 0.29) is 17.1 Å². The molecule has 4 N–H and O–H groups in total. The molecule has 1 unspecified atom stereocenters. The fourth-order valence-corrected chi connectivity index (χ4v) is 3.23. The van der Waals surface area contributed by atoms with Gasteiger partial charge in [0.15, 0.2) is 6.10 Å². The molecule has 0 aliphatic carbocycles. The molecule has 0 amide bonds. The lowest BCUT2D eigenvalue weighted by Crippen LogP contribution is -2.42. The zero-order valence-corrected chi connectivity index (χ0v) is 15.5. The Hall–Kier alpha value is -3.22. The lowest BCUT2D eigenvalue weighted by Gasteiger charge is -2.21. The van der Waals surface area contributed by atoms with Gasteiger partial charge in [-0.05, 0) is 5.56 Å². The van der Waals surface area contributed by atoms with Gasteiger partial charge in [-0.3, -0.25) is 4.57 Å². The number of alkyl halides is 2. The summed E-state index contributed by atoms with van der Waals surface area (Å²) in [6, 6.07) is 9.44. The van der Waals surface area contributed by atoms with E-state index >= 15 is 0 Å². The van der Waals surface area contributed by atoms with Gasteiger partial charge in [0.2, 0.25) is 6.23 Å². The van der Waals surface area contributed by atoms with Crippen LogP contribution in [0.25, 0.3) is 11.3 Å². The van der Waals surface area contributed by atoms with Gasteiger partial charge in [-0.1, -0.05) is 35.5 Å². The van der Waals surface area contributed by atoms with Gasteiger partial charge in [0, 0.05) is 6.20 Å². The number of ether oxygens (including phenoxy) is 1. The van der Waals surface area contributed by atoms with E-state index in [1.165, 1.54) is 10.9 Å². The standard InChI is InChI=1S/C18H18F2N6O4/c19-18(20)14(28)13(9-27)30-16(18)26-7-11(15(21)22-17(26)29)12-8-25(24-23-12)6-10-4-2-1-3-5-10/h1-5,7-8,13-14,16,27-28H,6,9H2,(H2,21,22,29)/t13-,14?,16-/m1/s1. The van der Waals surface area contributed by atoms with Gasteiger partial charge in [0.05, 0.1) is 24.9 Å². The maximum absolute atomic E-state index is 14.4. The van der Waals surface area contributed by atoms with Crippen LogP contribution in [0.5, 0.6) is 0 Å². The highest BCUT2D eigenvalue weighted by molar-refractivity contribution is 5.68. The lowest BCUT2D eigenvalue weighted by molar-refractivity contribution is -0.140. The minimum atomic E-state index is -3.84. The van der Waals surface area contributed by atoms with E-state index in [0.717, 1.165) is 11.8 Å². The van der Waals surface area contributed by atoms with Gasteiger partial charge in [-0.2, -0.15) is 13.8 Å². The highest BCUT2D eigenvalue weighted by atomic mass is 19.3. The average molecular weight is 420 g/mol. The average Bonchev–Trinajstić information content (AvgIpc) is 3.26. The minimum Gasteiger partial charge on any atom is -0.394 e. The quantitative estimate of drug-likeness (QED) is 0.525. The molecule has 3 atom stereocenters. The van der Waals surface area contributed by atoms with E-state index in [9.17, 15) is 18.7 Å². The Morgan fingerprint density at radius 3 is 2.63 bits per heavy atom. The van der Waals surface area contributed by atoms with Gasteiger partial charge < -0.3 is 20.7 Å². The molecule has 1 fully saturated rings. The van der Waals surface area contributed by atoms with Crippen LogP contribution < -0.4 is 11.4 Å². The fraction of sp³-hybridized carbons (Fsp3) is 0.333. The number of nitrogens with two attached hydrogens (primary N) is 1. The monoisotopic (exact) mass is 420 g/mol. The topological polar surface area (TPSA) is 141 Å². The summed E-state index contributed by atoms with van der Waals surface area (Å²) in [6.45, 7) is -0.430. The van der Waals surface area contributed by atoms with Crippen molar-refractivity contribution < 1.29 is 23.7 Å². The smallest absolute Gasteiger partial charge is 0.351 e. The van der Waals surface area contributed by atoms with Crippen molar-refractivity contribution in [2.24, 2.45) is 0 Å². The second-order valence-electron chi connectivity index (χ2n) is 6.85. The Labute approximate surface area is 168 Å². The first-order chi connectivity index (χ1) is 14.3. The molecule has 0 saturated carbocycles. The van der Waals surface area contributed by atoms with Crippen LogP contribution in [0, 0.1) is 0 Å². The number of nitrogen functional groups attached to an aromatic ring is 1. The zero-order chi connectivity index (χ0) is 21.5. The minimum absolute atomic E-state index is 0.0928. The maximum Gasteiger partial charge on any atom is 0.351 e. The second kappa shape index (κ2) is 7.55. The molecule has 4 rings (SSSR count). The first-order valence-electron chi connectivity index (χ1n) is 8.96. The normalized spacial score (nSPS) is 23.0. The third-order valence-electron chi connectivity index (χ3n) is 4.80. The highest BCUT2D eigenvalue weighted by Gasteiger charge is 2.59. The van der Waals surface area contributed by atoms with Crippen LogP contribution >= 0.6 is 0 Å². The molecule has 1 aliphatic rings. The van der Waals surface area contributed by atoms with E-state index in [2.05, 4.69) is 15.3 Å². The maximum atomic E-state index is 14.4. The van der Waals surface area contributed by atoms with Gasteiger partial charge in [-0.15, -0.1) is 5.10 Å². The van der Waals surface area contributed by atoms with Crippen LogP contribution in [-0.2, 0) is 11.3 Å². The summed E-state index contributed by atoms with van der Waals surface area (Å²) in [5.41, 5.74) is 5.99. The summed E-state index contributed by atoms with van der Waals surface area (Å²) >= 11 is 0. The largest absolute Gasteiger partial charge is 0.394 e. The fourth-order valence-electron chi connectivity index (χ4n) is 3.23. The van der Waals surface area contributed by atoms with Crippen LogP contribution in [-0.4, -0.2) is 59.5 Å². The number of halogens is 2. The Morgan fingerprint density at radius 1 is 1.23 bits per heavy atom. The van der Waals surface area contributed by atoms with Crippen LogP contribution in [0.3, 0.4) is 0 Å². The highest BCUT2D eigenvalue weighted by Crippen LogP contribution is 2.42. The molecule has 0 radical (unpaired) electrons. The third kappa shape index (κ3) is 3.44. The Kier molecular flexibility index (Phi) is 5.05. The molecule has 12 heteroatoms. The number of anilines is 1. The molecule has 158 valence electrons. The number of aliphatic hydroxyl groups excluding tert-OH is 2. The summed E-state index contributed by atoms with van der Waals surface area (Å²) in [7, 11) is 0.